The van der Waals surface area contributed by atoms with Gasteiger partial charge in [0.15, 0.2) is 0 Å². The fraction of sp³-hybridized carbons (Fsp3) is 0.182. The van der Waals surface area contributed by atoms with Gasteiger partial charge < -0.3 is 9.94 Å². The summed E-state index contributed by atoms with van der Waals surface area (Å²) in [5.41, 5.74) is -0.703. The van der Waals surface area contributed by atoms with Gasteiger partial charge in [-0.1, -0.05) is 5.16 Å². The topological polar surface area (TPSA) is 76.0 Å². The number of ether oxygens (including phenoxy) is 1. The Balaban J connectivity index is 2.95. The van der Waals surface area contributed by atoms with Crippen molar-refractivity contribution in [2.75, 3.05) is 6.61 Å². The van der Waals surface area contributed by atoms with Crippen LogP contribution in [0.2, 0.25) is 0 Å². The maximum atomic E-state index is 12.6. The monoisotopic (exact) mass is 239 g/mol. The summed E-state index contributed by atoms with van der Waals surface area (Å²) in [6.07, 6.45) is 0. The van der Waals surface area contributed by atoms with E-state index in [9.17, 15) is 14.0 Å². The average Bonchev–Trinajstić information content (AvgIpc) is 2.31. The lowest BCUT2D eigenvalue weighted by molar-refractivity contribution is -0.135. The largest absolute Gasteiger partial charge is 0.461 e. The molecule has 1 aromatic carbocycles. The SMILES string of the molecule is CCOC(=O)C(=NO)C(=O)c1ccc(F)cc1. The van der Waals surface area contributed by atoms with Crippen LogP contribution in [0.15, 0.2) is 29.4 Å². The van der Waals surface area contributed by atoms with Crippen LogP contribution in [-0.4, -0.2) is 29.3 Å². The molecule has 0 spiro atoms. The maximum Gasteiger partial charge on any atom is 0.364 e. The molecular weight excluding hydrogens is 229 g/mol. The van der Waals surface area contributed by atoms with Crippen LogP contribution >= 0.6 is 0 Å². The highest BCUT2D eigenvalue weighted by molar-refractivity contribution is 6.67. The van der Waals surface area contributed by atoms with Crippen LogP contribution in [0.4, 0.5) is 4.39 Å². The van der Waals surface area contributed by atoms with Crippen molar-refractivity contribution in [3.05, 3.63) is 35.6 Å². The summed E-state index contributed by atoms with van der Waals surface area (Å²) >= 11 is 0. The van der Waals surface area contributed by atoms with Gasteiger partial charge in [-0.3, -0.25) is 4.79 Å². The van der Waals surface area contributed by atoms with Gasteiger partial charge in [0, 0.05) is 5.56 Å². The Morgan fingerprint density at radius 3 is 2.41 bits per heavy atom. The van der Waals surface area contributed by atoms with E-state index in [1.165, 1.54) is 12.1 Å². The number of esters is 1. The minimum absolute atomic E-state index is 0.0345. The zero-order valence-corrected chi connectivity index (χ0v) is 9.01. The molecule has 6 heteroatoms. The lowest BCUT2D eigenvalue weighted by Gasteiger charge is -2.03. The van der Waals surface area contributed by atoms with Gasteiger partial charge >= 0.3 is 5.97 Å². The van der Waals surface area contributed by atoms with Crippen LogP contribution in [0.5, 0.6) is 0 Å². The van der Waals surface area contributed by atoms with Gasteiger partial charge in [-0.05, 0) is 31.2 Å². The minimum atomic E-state index is -1.02. The molecule has 0 radical (unpaired) electrons. The Labute approximate surface area is 96.5 Å². The van der Waals surface area contributed by atoms with Crippen LogP contribution in [0.1, 0.15) is 17.3 Å². The molecule has 17 heavy (non-hydrogen) atoms. The number of carbonyl (C=O) groups is 2. The van der Waals surface area contributed by atoms with Crippen molar-refractivity contribution in [1.82, 2.24) is 0 Å². The van der Waals surface area contributed by atoms with E-state index in [2.05, 4.69) is 9.89 Å². The van der Waals surface area contributed by atoms with Crippen LogP contribution in [0.3, 0.4) is 0 Å². The fourth-order valence-electron chi connectivity index (χ4n) is 1.12. The second kappa shape index (κ2) is 5.74. The summed E-state index contributed by atoms with van der Waals surface area (Å²) in [6, 6.07) is 4.49. The second-order valence-corrected chi connectivity index (χ2v) is 3.01. The van der Waals surface area contributed by atoms with Crippen molar-refractivity contribution in [3.8, 4) is 0 Å². The standard InChI is InChI=1S/C11H10FNO4/c1-2-17-11(15)9(13-16)10(14)7-3-5-8(12)6-4-7/h3-6,16H,2H2,1H3. The van der Waals surface area contributed by atoms with E-state index in [-0.39, 0.29) is 12.2 Å². The molecule has 90 valence electrons. The molecule has 0 saturated carbocycles. The van der Waals surface area contributed by atoms with Gasteiger partial charge in [0.25, 0.3) is 0 Å². The first kappa shape index (κ1) is 12.8. The van der Waals surface area contributed by atoms with Gasteiger partial charge in [0.05, 0.1) is 6.61 Å². The van der Waals surface area contributed by atoms with E-state index in [0.29, 0.717) is 0 Å². The Kier molecular flexibility index (Phi) is 4.33. The normalized spacial score (nSPS) is 11.1. The molecule has 0 atom stereocenters. The van der Waals surface area contributed by atoms with Gasteiger partial charge in [0.2, 0.25) is 11.5 Å². The molecule has 5 nitrogen and oxygen atoms in total. The van der Waals surface area contributed by atoms with Gasteiger partial charge in [-0.2, -0.15) is 0 Å². The molecular formula is C11H10FNO4. The summed E-state index contributed by atoms with van der Waals surface area (Å²) in [4.78, 5) is 22.9. The van der Waals surface area contributed by atoms with E-state index in [1.807, 2.05) is 0 Å². The molecule has 0 heterocycles. The molecule has 1 aromatic rings. The van der Waals surface area contributed by atoms with E-state index >= 15 is 0 Å². The molecule has 0 amide bonds. The number of nitrogens with zero attached hydrogens (tertiary/aromatic N) is 1. The first-order valence-electron chi connectivity index (χ1n) is 4.79. The summed E-state index contributed by atoms with van der Waals surface area (Å²) in [7, 11) is 0. The minimum Gasteiger partial charge on any atom is -0.461 e. The molecule has 0 aliphatic carbocycles. The highest BCUT2D eigenvalue weighted by Gasteiger charge is 2.23. The molecule has 0 fully saturated rings. The van der Waals surface area contributed by atoms with Crippen molar-refractivity contribution >= 4 is 17.5 Å². The second-order valence-electron chi connectivity index (χ2n) is 3.01. The van der Waals surface area contributed by atoms with Crippen LogP contribution in [0.25, 0.3) is 0 Å². The van der Waals surface area contributed by atoms with Gasteiger partial charge in [0.1, 0.15) is 5.82 Å². The predicted molar refractivity (Wildman–Crippen MR) is 56.6 cm³/mol. The number of rotatable bonds is 4. The number of hydrogen-bond acceptors (Lipinski definition) is 5. The number of carbonyl (C=O) groups excluding carboxylic acids is 2. The Morgan fingerprint density at radius 2 is 1.94 bits per heavy atom. The lowest BCUT2D eigenvalue weighted by atomic mass is 10.1. The van der Waals surface area contributed by atoms with E-state index in [4.69, 9.17) is 5.21 Å². The number of hydrogen-bond donors (Lipinski definition) is 1. The summed E-state index contributed by atoms with van der Waals surface area (Å²) in [5.74, 6) is -2.37. The molecule has 0 saturated heterocycles. The highest BCUT2D eigenvalue weighted by Crippen LogP contribution is 2.05. The van der Waals surface area contributed by atoms with Crippen LogP contribution < -0.4 is 0 Å². The first-order valence-corrected chi connectivity index (χ1v) is 4.79. The number of benzene rings is 1. The Bertz CT molecular complexity index is 453. The van der Waals surface area contributed by atoms with Crippen molar-refractivity contribution in [3.63, 3.8) is 0 Å². The van der Waals surface area contributed by atoms with Crippen molar-refractivity contribution in [2.24, 2.45) is 5.16 Å². The molecule has 1 rings (SSSR count). The van der Waals surface area contributed by atoms with Gasteiger partial charge in [-0.15, -0.1) is 0 Å². The first-order chi connectivity index (χ1) is 8.10. The molecule has 1 N–H and O–H groups in total. The summed E-state index contributed by atoms with van der Waals surface area (Å²) in [5, 5.41) is 11.2. The number of Topliss-reactive ketones (excluding diaryl/α,β-unsaturated/α-hetero) is 1. The average molecular weight is 239 g/mol. The summed E-state index contributed by atoms with van der Waals surface area (Å²) in [6.45, 7) is 1.60. The molecule has 0 aromatic heterocycles. The van der Waals surface area contributed by atoms with E-state index in [0.717, 1.165) is 12.1 Å². The van der Waals surface area contributed by atoms with Crippen molar-refractivity contribution in [1.29, 1.82) is 0 Å². The molecule has 0 aliphatic rings. The Morgan fingerprint density at radius 1 is 1.35 bits per heavy atom. The third-order valence-electron chi connectivity index (χ3n) is 1.89. The zero-order chi connectivity index (χ0) is 12.8. The lowest BCUT2D eigenvalue weighted by Crippen LogP contribution is -2.26. The van der Waals surface area contributed by atoms with Crippen molar-refractivity contribution in [2.45, 2.75) is 6.92 Å². The highest BCUT2D eigenvalue weighted by atomic mass is 19.1. The number of halogens is 1. The fourth-order valence-corrected chi connectivity index (χ4v) is 1.12. The quantitative estimate of drug-likeness (QED) is 0.215. The van der Waals surface area contributed by atoms with Gasteiger partial charge in [-0.25, -0.2) is 9.18 Å². The third-order valence-corrected chi connectivity index (χ3v) is 1.89. The number of ketones is 1. The zero-order valence-electron chi connectivity index (χ0n) is 9.01. The van der Waals surface area contributed by atoms with Crippen molar-refractivity contribution < 1.29 is 23.9 Å². The Hall–Kier alpha value is -2.24. The smallest absolute Gasteiger partial charge is 0.364 e. The number of oxime groups is 1. The third kappa shape index (κ3) is 3.10. The van der Waals surface area contributed by atoms with E-state index < -0.39 is 23.3 Å². The van der Waals surface area contributed by atoms with Crippen LogP contribution in [-0.2, 0) is 9.53 Å². The predicted octanol–water partition coefficient (Wildman–Crippen LogP) is 1.40. The van der Waals surface area contributed by atoms with E-state index in [1.54, 1.807) is 6.92 Å². The summed E-state index contributed by atoms with van der Waals surface area (Å²) < 4.78 is 17.2. The molecule has 0 aliphatic heterocycles. The molecule has 0 unspecified atom stereocenters. The molecule has 0 bridgehead atoms. The maximum absolute atomic E-state index is 12.6. The van der Waals surface area contributed by atoms with Crippen LogP contribution in [0, 0.1) is 5.82 Å².